The third kappa shape index (κ3) is 2.87. The van der Waals surface area contributed by atoms with Crippen LogP contribution in [0.15, 0.2) is 23.0 Å². The molecular weight excluding hydrogens is 320 g/mol. The van der Waals surface area contributed by atoms with Gasteiger partial charge in [0.25, 0.3) is 5.56 Å². The second kappa shape index (κ2) is 6.32. The lowest BCUT2D eigenvalue weighted by atomic mass is 9.77. The lowest BCUT2D eigenvalue weighted by molar-refractivity contribution is -0.153. The van der Waals surface area contributed by atoms with Gasteiger partial charge in [-0.1, -0.05) is 18.9 Å². The Balaban J connectivity index is 1.56. The molecule has 1 saturated heterocycles. The molecule has 4 rings (SSSR count). The third-order valence-electron chi connectivity index (χ3n) is 6.19. The summed E-state index contributed by atoms with van der Waals surface area (Å²) in [7, 11) is 0. The van der Waals surface area contributed by atoms with Crippen LogP contribution in [0.25, 0.3) is 0 Å². The van der Waals surface area contributed by atoms with Crippen LogP contribution in [0.1, 0.15) is 43.7 Å². The Kier molecular flexibility index (Phi) is 4.13. The van der Waals surface area contributed by atoms with Crippen molar-refractivity contribution in [1.29, 1.82) is 0 Å². The highest BCUT2D eigenvalue weighted by Crippen LogP contribution is 2.38. The van der Waals surface area contributed by atoms with Gasteiger partial charge in [-0.15, -0.1) is 0 Å². The number of carbonyl (C=O) groups excluding carboxylic acids is 1. The summed E-state index contributed by atoms with van der Waals surface area (Å²) in [5, 5.41) is 9.47. The number of nitrogens with zero attached hydrogens (tertiary/aromatic N) is 2. The number of rotatable bonds is 2. The molecule has 1 aliphatic carbocycles. The lowest BCUT2D eigenvalue weighted by Gasteiger charge is -2.44. The predicted octanol–water partition coefficient (Wildman–Crippen LogP) is 1.69. The molecule has 1 N–H and O–H groups in total. The van der Waals surface area contributed by atoms with Gasteiger partial charge < -0.3 is 14.6 Å². The van der Waals surface area contributed by atoms with E-state index in [1.165, 1.54) is 0 Å². The van der Waals surface area contributed by atoms with Crippen LogP contribution in [0.2, 0.25) is 0 Å². The fraction of sp³-hybridized carbons (Fsp3) is 0.632. The summed E-state index contributed by atoms with van der Waals surface area (Å²) in [6.45, 7) is 1.89. The van der Waals surface area contributed by atoms with Crippen molar-refractivity contribution in [2.75, 3.05) is 13.1 Å². The van der Waals surface area contributed by atoms with Crippen LogP contribution in [0.3, 0.4) is 0 Å². The molecular formula is C19H24N2O4. The normalized spacial score (nSPS) is 31.3. The molecule has 1 amide bonds. The Hall–Kier alpha value is -2.11. The predicted molar refractivity (Wildman–Crippen MR) is 91.2 cm³/mol. The van der Waals surface area contributed by atoms with E-state index >= 15 is 0 Å². The van der Waals surface area contributed by atoms with Crippen molar-refractivity contribution in [2.45, 2.75) is 44.6 Å². The molecule has 2 fully saturated rings. The van der Waals surface area contributed by atoms with Gasteiger partial charge in [0, 0.05) is 37.3 Å². The van der Waals surface area contributed by atoms with Crippen LogP contribution in [0, 0.1) is 17.8 Å². The molecule has 3 aliphatic rings. The first-order valence-corrected chi connectivity index (χ1v) is 9.26. The summed E-state index contributed by atoms with van der Waals surface area (Å²) in [4.78, 5) is 38.6. The minimum atomic E-state index is -0.841. The molecule has 0 aromatic carbocycles. The van der Waals surface area contributed by atoms with Gasteiger partial charge in [-0.2, -0.15) is 0 Å². The van der Waals surface area contributed by atoms with Gasteiger partial charge in [0.05, 0.1) is 11.8 Å². The van der Waals surface area contributed by atoms with Crippen LogP contribution in [-0.4, -0.2) is 39.5 Å². The van der Waals surface area contributed by atoms with Crippen molar-refractivity contribution < 1.29 is 14.7 Å². The number of piperidine rings is 1. The zero-order valence-corrected chi connectivity index (χ0v) is 14.3. The molecule has 2 aliphatic heterocycles. The number of hydrogen-bond donors (Lipinski definition) is 1. The Bertz CT molecular complexity index is 756. The molecule has 2 bridgehead atoms. The molecule has 134 valence electrons. The van der Waals surface area contributed by atoms with Gasteiger partial charge in [0.15, 0.2) is 0 Å². The Morgan fingerprint density at radius 2 is 1.80 bits per heavy atom. The summed E-state index contributed by atoms with van der Waals surface area (Å²) in [5.41, 5.74) is 1.05. The maximum Gasteiger partial charge on any atom is 0.307 e. The van der Waals surface area contributed by atoms with E-state index in [-0.39, 0.29) is 29.2 Å². The van der Waals surface area contributed by atoms with E-state index in [1.54, 1.807) is 12.1 Å². The summed E-state index contributed by atoms with van der Waals surface area (Å²) in [6, 6.07) is 5.36. The standard InChI is InChI=1S/C19H24N2O4/c22-17-7-3-6-16-13-8-12(10-21(16)17)9-20(11-13)18(23)14-4-1-2-5-15(14)19(24)25/h3,6-7,12-15H,1-2,4-5,8-11H2,(H,24,25)/t12-,13-,14-,15+/m0/s1. The minimum Gasteiger partial charge on any atom is -0.481 e. The zero-order chi connectivity index (χ0) is 17.6. The fourth-order valence-electron chi connectivity index (χ4n) is 5.03. The minimum absolute atomic E-state index is 0.00790. The van der Waals surface area contributed by atoms with Crippen molar-refractivity contribution in [1.82, 2.24) is 9.47 Å². The van der Waals surface area contributed by atoms with E-state index in [9.17, 15) is 19.5 Å². The van der Waals surface area contributed by atoms with Crippen LogP contribution in [0.4, 0.5) is 0 Å². The van der Waals surface area contributed by atoms with Crippen molar-refractivity contribution in [2.24, 2.45) is 17.8 Å². The number of hydrogen-bond acceptors (Lipinski definition) is 3. The third-order valence-corrected chi connectivity index (χ3v) is 6.19. The second-order valence-corrected chi connectivity index (χ2v) is 7.78. The van der Waals surface area contributed by atoms with Crippen LogP contribution < -0.4 is 5.56 Å². The molecule has 0 spiro atoms. The van der Waals surface area contributed by atoms with E-state index in [2.05, 4.69) is 0 Å². The summed E-state index contributed by atoms with van der Waals surface area (Å²) < 4.78 is 1.85. The molecule has 0 radical (unpaired) electrons. The molecule has 4 atom stereocenters. The highest BCUT2D eigenvalue weighted by molar-refractivity contribution is 5.85. The van der Waals surface area contributed by atoms with Crippen molar-refractivity contribution in [3.63, 3.8) is 0 Å². The van der Waals surface area contributed by atoms with Crippen molar-refractivity contribution >= 4 is 11.9 Å². The number of aliphatic carboxylic acids is 1. The average molecular weight is 344 g/mol. The zero-order valence-electron chi connectivity index (χ0n) is 14.3. The number of carbonyl (C=O) groups is 2. The maximum atomic E-state index is 13.1. The smallest absolute Gasteiger partial charge is 0.307 e. The molecule has 1 aromatic rings. The van der Waals surface area contributed by atoms with Crippen LogP contribution >= 0.6 is 0 Å². The molecule has 6 nitrogen and oxygen atoms in total. The highest BCUT2D eigenvalue weighted by Gasteiger charge is 2.42. The monoisotopic (exact) mass is 344 g/mol. The lowest BCUT2D eigenvalue weighted by Crippen LogP contribution is -2.52. The quantitative estimate of drug-likeness (QED) is 0.885. The van der Waals surface area contributed by atoms with E-state index < -0.39 is 11.9 Å². The fourth-order valence-corrected chi connectivity index (χ4v) is 5.03. The maximum absolute atomic E-state index is 13.1. The van der Waals surface area contributed by atoms with Gasteiger partial charge >= 0.3 is 5.97 Å². The van der Waals surface area contributed by atoms with Crippen molar-refractivity contribution in [3.8, 4) is 0 Å². The van der Waals surface area contributed by atoms with Gasteiger partial charge in [0.2, 0.25) is 5.91 Å². The van der Waals surface area contributed by atoms with Gasteiger partial charge in [-0.05, 0) is 31.2 Å². The first kappa shape index (κ1) is 16.4. The summed E-state index contributed by atoms with van der Waals surface area (Å²) >= 11 is 0. The average Bonchev–Trinajstić information content (AvgIpc) is 2.62. The molecule has 6 heteroatoms. The number of aromatic nitrogens is 1. The van der Waals surface area contributed by atoms with Gasteiger partial charge in [-0.25, -0.2) is 0 Å². The first-order chi connectivity index (χ1) is 12.0. The highest BCUT2D eigenvalue weighted by atomic mass is 16.4. The summed E-state index contributed by atoms with van der Waals surface area (Å²) in [6.07, 6.45) is 4.10. The van der Waals surface area contributed by atoms with E-state index in [1.807, 2.05) is 15.5 Å². The Labute approximate surface area is 146 Å². The van der Waals surface area contributed by atoms with Gasteiger partial charge in [0.1, 0.15) is 0 Å². The molecule has 25 heavy (non-hydrogen) atoms. The van der Waals surface area contributed by atoms with E-state index in [0.717, 1.165) is 25.0 Å². The SMILES string of the molecule is O=C(O)[C@@H]1CCCC[C@@H]1C(=O)N1C[C@@H]2C[C@@H](C1)c1cccc(=O)n1C2. The van der Waals surface area contributed by atoms with Gasteiger partial charge in [-0.3, -0.25) is 14.4 Å². The summed E-state index contributed by atoms with van der Waals surface area (Å²) in [5.74, 6) is -1.30. The molecule has 3 heterocycles. The van der Waals surface area contributed by atoms with E-state index in [4.69, 9.17) is 0 Å². The largest absolute Gasteiger partial charge is 0.481 e. The molecule has 1 saturated carbocycles. The number of pyridine rings is 1. The number of carboxylic acids is 1. The molecule has 0 unspecified atom stereocenters. The number of fused-ring (bicyclic) bond motifs is 4. The topological polar surface area (TPSA) is 79.6 Å². The van der Waals surface area contributed by atoms with Crippen molar-refractivity contribution in [3.05, 3.63) is 34.2 Å². The molecule has 1 aromatic heterocycles. The number of likely N-dealkylation sites (tertiary alicyclic amines) is 1. The second-order valence-electron chi connectivity index (χ2n) is 7.78. The Morgan fingerprint density at radius 1 is 1.04 bits per heavy atom. The number of carboxylic acid groups (broad SMARTS) is 1. The van der Waals surface area contributed by atoms with E-state index in [0.29, 0.717) is 32.5 Å². The first-order valence-electron chi connectivity index (χ1n) is 9.26. The van der Waals surface area contributed by atoms with Crippen LogP contribution in [0.5, 0.6) is 0 Å². The number of amides is 1. The Morgan fingerprint density at radius 3 is 2.56 bits per heavy atom. The van der Waals surface area contributed by atoms with Crippen LogP contribution in [-0.2, 0) is 16.1 Å².